The Hall–Kier alpha value is -4.46. The fourth-order valence-corrected chi connectivity index (χ4v) is 3.76. The summed E-state index contributed by atoms with van der Waals surface area (Å²) >= 11 is 0. The predicted octanol–water partition coefficient (Wildman–Crippen LogP) is 4.78. The molecule has 200 valence electrons. The molecule has 7 nitrogen and oxygen atoms in total. The number of carbonyl (C=O) groups excluding carboxylic acids is 3. The molecule has 1 amide bonds. The number of amides is 1. The summed E-state index contributed by atoms with van der Waals surface area (Å²) in [5, 5.41) is 2.85. The number of ether oxygens (including phenoxy) is 2. The molecule has 0 aromatic heterocycles. The predicted molar refractivity (Wildman–Crippen MR) is 151 cm³/mol. The highest BCUT2D eigenvalue weighted by Crippen LogP contribution is 2.30. The fraction of sp³-hybridized carbons (Fsp3) is 0.129. The van der Waals surface area contributed by atoms with Gasteiger partial charge in [-0.2, -0.15) is 0 Å². The fourth-order valence-electron chi connectivity index (χ4n) is 3.76. The molecule has 0 saturated heterocycles. The quantitative estimate of drug-likeness (QED) is 0.220. The first-order valence-electron chi connectivity index (χ1n) is 12.2. The lowest BCUT2D eigenvalue weighted by Gasteiger charge is -2.14. The molecule has 4 aromatic carbocycles. The van der Waals surface area contributed by atoms with Crippen molar-refractivity contribution in [1.82, 2.24) is 5.32 Å². The smallest absolute Gasteiger partial charge is 0.343 e. The van der Waals surface area contributed by atoms with Gasteiger partial charge in [-0.1, -0.05) is 72.8 Å². The van der Waals surface area contributed by atoms with Gasteiger partial charge in [0.1, 0.15) is 0 Å². The zero-order valence-corrected chi connectivity index (χ0v) is 21.9. The lowest BCUT2D eigenvalue weighted by atomic mass is 10.1. The van der Waals surface area contributed by atoms with Crippen molar-refractivity contribution in [2.24, 2.45) is 5.73 Å². The number of nitrogens with one attached hydrogen (secondary N) is 1. The highest BCUT2D eigenvalue weighted by molar-refractivity contribution is 5.93. The molecule has 8 heteroatoms. The Morgan fingerprint density at radius 2 is 1.18 bits per heavy atom. The highest BCUT2D eigenvalue weighted by Gasteiger charge is 2.18. The van der Waals surface area contributed by atoms with E-state index >= 15 is 0 Å². The minimum absolute atomic E-state index is 0. The van der Waals surface area contributed by atoms with E-state index in [2.05, 4.69) is 5.32 Å². The van der Waals surface area contributed by atoms with Gasteiger partial charge in [0.25, 0.3) is 0 Å². The second kappa shape index (κ2) is 14.5. The van der Waals surface area contributed by atoms with E-state index in [1.807, 2.05) is 30.3 Å². The highest BCUT2D eigenvalue weighted by atomic mass is 35.5. The normalized spacial score (nSPS) is 11.0. The van der Waals surface area contributed by atoms with Crippen molar-refractivity contribution in [3.8, 4) is 11.5 Å². The van der Waals surface area contributed by atoms with Crippen LogP contribution in [0.2, 0.25) is 0 Å². The van der Waals surface area contributed by atoms with E-state index in [4.69, 9.17) is 15.2 Å². The van der Waals surface area contributed by atoms with Gasteiger partial charge in [-0.15, -0.1) is 12.4 Å². The molecule has 0 aliphatic rings. The molecule has 4 rings (SSSR count). The molecule has 1 unspecified atom stereocenters. The molecule has 0 heterocycles. The maximum Gasteiger partial charge on any atom is 0.343 e. The minimum atomic E-state index is -0.667. The van der Waals surface area contributed by atoms with Crippen molar-refractivity contribution in [1.29, 1.82) is 0 Å². The van der Waals surface area contributed by atoms with E-state index in [1.165, 1.54) is 0 Å². The van der Waals surface area contributed by atoms with Gasteiger partial charge in [0.2, 0.25) is 5.91 Å². The van der Waals surface area contributed by atoms with Crippen molar-refractivity contribution in [2.45, 2.75) is 18.9 Å². The van der Waals surface area contributed by atoms with Crippen molar-refractivity contribution in [3.63, 3.8) is 0 Å². The lowest BCUT2D eigenvalue weighted by molar-refractivity contribution is -0.122. The van der Waals surface area contributed by atoms with Crippen molar-refractivity contribution in [2.75, 3.05) is 6.54 Å². The van der Waals surface area contributed by atoms with Crippen LogP contribution in [0.15, 0.2) is 109 Å². The zero-order chi connectivity index (χ0) is 26.7. The lowest BCUT2D eigenvalue weighted by Crippen LogP contribution is -2.42. The van der Waals surface area contributed by atoms with Gasteiger partial charge >= 0.3 is 11.9 Å². The van der Waals surface area contributed by atoms with Crippen LogP contribution in [0.25, 0.3) is 0 Å². The number of carbonyl (C=O) groups is 3. The second-order valence-electron chi connectivity index (χ2n) is 8.63. The summed E-state index contributed by atoms with van der Waals surface area (Å²) in [4.78, 5) is 37.8. The third-order valence-corrected chi connectivity index (χ3v) is 5.78. The Kier molecular flexibility index (Phi) is 10.8. The van der Waals surface area contributed by atoms with Gasteiger partial charge in [0.15, 0.2) is 11.5 Å². The number of benzene rings is 4. The molecule has 4 aromatic rings. The van der Waals surface area contributed by atoms with Crippen molar-refractivity contribution >= 4 is 30.3 Å². The topological polar surface area (TPSA) is 108 Å². The number of hydrogen-bond acceptors (Lipinski definition) is 6. The zero-order valence-electron chi connectivity index (χ0n) is 21.1. The van der Waals surface area contributed by atoms with E-state index in [0.29, 0.717) is 30.5 Å². The summed E-state index contributed by atoms with van der Waals surface area (Å²) in [6.07, 6.45) is 0.889. The molecule has 3 N–H and O–H groups in total. The van der Waals surface area contributed by atoms with Gasteiger partial charge in [-0.25, -0.2) is 9.59 Å². The third-order valence-electron chi connectivity index (χ3n) is 5.78. The molecule has 0 saturated carbocycles. The first kappa shape index (κ1) is 29.1. The number of rotatable bonds is 10. The van der Waals surface area contributed by atoms with E-state index in [9.17, 15) is 14.4 Å². The number of esters is 2. The largest absolute Gasteiger partial charge is 0.419 e. The van der Waals surface area contributed by atoms with Crippen LogP contribution >= 0.6 is 12.4 Å². The van der Waals surface area contributed by atoms with E-state index in [0.717, 1.165) is 11.1 Å². The Morgan fingerprint density at radius 3 is 1.74 bits per heavy atom. The molecule has 0 spiro atoms. The molecule has 0 fully saturated rings. The van der Waals surface area contributed by atoms with Crippen molar-refractivity contribution < 1.29 is 23.9 Å². The SMILES string of the molecule is Cl.NC(Cc1ccccc1)C(=O)NCCc1ccc(OC(=O)c2ccccc2)c(OC(=O)c2ccccc2)c1. The Labute approximate surface area is 233 Å². The van der Waals surface area contributed by atoms with Crippen LogP contribution in [0.3, 0.4) is 0 Å². The molecule has 39 heavy (non-hydrogen) atoms. The van der Waals surface area contributed by atoms with Gasteiger partial charge in [-0.3, -0.25) is 4.79 Å². The summed E-state index contributed by atoms with van der Waals surface area (Å²) in [6.45, 7) is 0.330. The number of nitrogens with two attached hydrogens (primary N) is 1. The number of hydrogen-bond donors (Lipinski definition) is 2. The Bertz CT molecular complexity index is 1380. The molecule has 1 atom stereocenters. The van der Waals surface area contributed by atoms with Crippen LogP contribution < -0.4 is 20.5 Å². The van der Waals surface area contributed by atoms with Gasteiger partial charge in [0.05, 0.1) is 17.2 Å². The Morgan fingerprint density at radius 1 is 0.667 bits per heavy atom. The third kappa shape index (κ3) is 8.53. The van der Waals surface area contributed by atoms with E-state index in [1.54, 1.807) is 78.9 Å². The first-order valence-corrected chi connectivity index (χ1v) is 12.2. The minimum Gasteiger partial charge on any atom is -0.419 e. The van der Waals surface area contributed by atoms with Gasteiger partial charge in [0, 0.05) is 6.54 Å². The van der Waals surface area contributed by atoms with Crippen LogP contribution in [0.5, 0.6) is 11.5 Å². The summed E-state index contributed by atoms with van der Waals surface area (Å²) < 4.78 is 11.2. The summed E-state index contributed by atoms with van der Waals surface area (Å²) in [6, 6.07) is 30.9. The summed E-state index contributed by atoms with van der Waals surface area (Å²) in [7, 11) is 0. The maximum absolute atomic E-state index is 12.7. The van der Waals surface area contributed by atoms with Crippen LogP contribution in [-0.4, -0.2) is 30.4 Å². The number of halogens is 1. The standard InChI is InChI=1S/C31H28N2O5.ClH/c32-26(20-22-10-4-1-5-11-22)29(34)33-19-18-23-16-17-27(37-30(35)24-12-6-2-7-13-24)28(21-23)38-31(36)25-14-8-3-9-15-25;/h1-17,21,26H,18-20,32H2,(H,33,34);1H. The maximum atomic E-state index is 12.7. The molecule has 0 aliphatic carbocycles. The van der Waals surface area contributed by atoms with Gasteiger partial charge < -0.3 is 20.5 Å². The Balaban J connectivity index is 0.00000420. The van der Waals surface area contributed by atoms with Crippen molar-refractivity contribution in [3.05, 3.63) is 131 Å². The molecule has 0 aliphatic heterocycles. The van der Waals surface area contributed by atoms with Crippen LogP contribution in [0, 0.1) is 0 Å². The van der Waals surface area contributed by atoms with Crippen LogP contribution in [0.1, 0.15) is 31.8 Å². The first-order chi connectivity index (χ1) is 18.5. The molecular formula is C31H29ClN2O5. The average molecular weight is 545 g/mol. The summed E-state index contributed by atoms with van der Waals surface area (Å²) in [5.41, 5.74) is 8.55. The molecule has 0 bridgehead atoms. The summed E-state index contributed by atoms with van der Waals surface area (Å²) in [5.74, 6) is -1.19. The molecule has 0 radical (unpaired) electrons. The van der Waals surface area contributed by atoms with Crippen LogP contribution in [0.4, 0.5) is 0 Å². The van der Waals surface area contributed by atoms with E-state index < -0.39 is 18.0 Å². The monoisotopic (exact) mass is 544 g/mol. The van der Waals surface area contributed by atoms with Crippen LogP contribution in [-0.2, 0) is 17.6 Å². The molecular weight excluding hydrogens is 516 g/mol. The second-order valence-corrected chi connectivity index (χ2v) is 8.63. The van der Waals surface area contributed by atoms with E-state index in [-0.39, 0.29) is 29.8 Å². The average Bonchev–Trinajstić information content (AvgIpc) is 2.95. The van der Waals surface area contributed by atoms with Gasteiger partial charge in [-0.05, 0) is 60.4 Å².